The van der Waals surface area contributed by atoms with Crippen molar-refractivity contribution in [2.45, 2.75) is 5.03 Å². The molecule has 1 rings (SSSR count). The summed E-state index contributed by atoms with van der Waals surface area (Å²) in [5.41, 5.74) is -0.315. The van der Waals surface area contributed by atoms with Crippen LogP contribution < -0.4 is 5.14 Å². The summed E-state index contributed by atoms with van der Waals surface area (Å²) in [6, 6.07) is 1.02. The Morgan fingerprint density at radius 1 is 1.57 bits per heavy atom. The molecule has 0 radical (unpaired) electrons. The van der Waals surface area contributed by atoms with Crippen LogP contribution in [0.5, 0.6) is 0 Å². The van der Waals surface area contributed by atoms with Gasteiger partial charge in [0.1, 0.15) is 6.20 Å². The molecule has 1 aromatic heterocycles. The molecule has 76 valence electrons. The largest absolute Gasteiger partial charge is 0.288 e. The summed E-state index contributed by atoms with van der Waals surface area (Å²) in [5, 5.41) is 14.6. The standard InChI is InChI=1S/C5H4BrN3O4S/c6-4-1-3(9(10)11)2-8-5(4)14(7,12)13/h1-2H,(H2,7,12,13). The van der Waals surface area contributed by atoms with E-state index in [0.29, 0.717) is 0 Å². The topological polar surface area (TPSA) is 116 Å². The second-order valence-electron chi connectivity index (χ2n) is 2.28. The second kappa shape index (κ2) is 3.59. The molecule has 0 aliphatic heterocycles. The van der Waals surface area contributed by atoms with Crippen LogP contribution in [0, 0.1) is 10.1 Å². The molecule has 1 aromatic rings. The van der Waals surface area contributed by atoms with E-state index in [9.17, 15) is 18.5 Å². The van der Waals surface area contributed by atoms with Crippen molar-refractivity contribution in [3.05, 3.63) is 26.9 Å². The Morgan fingerprint density at radius 3 is 2.50 bits per heavy atom. The lowest BCUT2D eigenvalue weighted by Gasteiger charge is -1.99. The number of sulfonamides is 1. The van der Waals surface area contributed by atoms with Crippen LogP contribution in [0.1, 0.15) is 0 Å². The van der Waals surface area contributed by atoms with Crippen molar-refractivity contribution in [2.75, 3.05) is 0 Å². The summed E-state index contributed by atoms with van der Waals surface area (Å²) in [7, 11) is -3.96. The Morgan fingerprint density at radius 2 is 2.14 bits per heavy atom. The first-order chi connectivity index (χ1) is 6.32. The molecule has 0 unspecified atom stereocenters. The molecule has 0 fully saturated rings. The molecule has 14 heavy (non-hydrogen) atoms. The first-order valence-corrected chi connectivity index (χ1v) is 5.49. The lowest BCUT2D eigenvalue weighted by atomic mass is 10.4. The highest BCUT2D eigenvalue weighted by atomic mass is 79.9. The molecule has 0 spiro atoms. The summed E-state index contributed by atoms with van der Waals surface area (Å²) < 4.78 is 21.7. The van der Waals surface area contributed by atoms with Crippen LogP contribution in [0.3, 0.4) is 0 Å². The molecule has 7 nitrogen and oxygen atoms in total. The number of nitro groups is 1. The Bertz CT molecular complexity index is 486. The van der Waals surface area contributed by atoms with Crippen LogP contribution in [0.25, 0.3) is 0 Å². The average Bonchev–Trinajstić information content (AvgIpc) is 2.01. The van der Waals surface area contributed by atoms with E-state index >= 15 is 0 Å². The molecule has 0 bridgehead atoms. The number of halogens is 1. The van der Waals surface area contributed by atoms with Gasteiger partial charge in [-0.2, -0.15) is 0 Å². The number of pyridine rings is 1. The third-order valence-corrected chi connectivity index (χ3v) is 3.00. The highest BCUT2D eigenvalue weighted by Crippen LogP contribution is 2.22. The lowest BCUT2D eigenvalue weighted by Crippen LogP contribution is -2.14. The Kier molecular flexibility index (Phi) is 2.83. The van der Waals surface area contributed by atoms with Gasteiger partial charge in [-0.05, 0) is 15.9 Å². The van der Waals surface area contributed by atoms with E-state index in [1.54, 1.807) is 0 Å². The maximum Gasteiger partial charge on any atom is 0.288 e. The van der Waals surface area contributed by atoms with Crippen molar-refractivity contribution >= 4 is 31.6 Å². The predicted molar refractivity (Wildman–Crippen MR) is 50.0 cm³/mol. The van der Waals surface area contributed by atoms with E-state index in [-0.39, 0.29) is 10.2 Å². The molecule has 0 aliphatic rings. The van der Waals surface area contributed by atoms with Gasteiger partial charge in [-0.25, -0.2) is 18.5 Å². The zero-order valence-corrected chi connectivity index (χ0v) is 8.95. The molecule has 0 atom stereocenters. The first-order valence-electron chi connectivity index (χ1n) is 3.15. The fraction of sp³-hybridized carbons (Fsp3) is 0. The van der Waals surface area contributed by atoms with Crippen LogP contribution in [0.2, 0.25) is 0 Å². The molecule has 0 saturated carbocycles. The minimum atomic E-state index is -3.96. The average molecular weight is 282 g/mol. The molecule has 1 heterocycles. The van der Waals surface area contributed by atoms with Gasteiger partial charge < -0.3 is 0 Å². The van der Waals surface area contributed by atoms with Gasteiger partial charge >= 0.3 is 0 Å². The molecule has 2 N–H and O–H groups in total. The van der Waals surface area contributed by atoms with Crippen molar-refractivity contribution in [2.24, 2.45) is 5.14 Å². The number of aromatic nitrogens is 1. The van der Waals surface area contributed by atoms with Crippen molar-refractivity contribution in [1.82, 2.24) is 4.98 Å². The van der Waals surface area contributed by atoms with Crippen molar-refractivity contribution < 1.29 is 13.3 Å². The number of nitrogens with zero attached hydrogens (tertiary/aromatic N) is 2. The van der Waals surface area contributed by atoms with E-state index in [1.165, 1.54) is 0 Å². The van der Waals surface area contributed by atoms with Gasteiger partial charge in [-0.1, -0.05) is 0 Å². The quantitative estimate of drug-likeness (QED) is 0.622. The third kappa shape index (κ3) is 2.25. The van der Waals surface area contributed by atoms with E-state index in [1.807, 2.05) is 0 Å². The van der Waals surface area contributed by atoms with Gasteiger partial charge in [0, 0.05) is 6.07 Å². The van der Waals surface area contributed by atoms with Crippen LogP contribution in [-0.4, -0.2) is 18.3 Å². The normalized spacial score (nSPS) is 11.3. The van der Waals surface area contributed by atoms with Crippen molar-refractivity contribution in [1.29, 1.82) is 0 Å². The van der Waals surface area contributed by atoms with Crippen molar-refractivity contribution in [3.63, 3.8) is 0 Å². The Balaban J connectivity index is 3.35. The number of hydrogen-bond donors (Lipinski definition) is 1. The highest BCUT2D eigenvalue weighted by molar-refractivity contribution is 9.10. The number of rotatable bonds is 2. The third-order valence-electron chi connectivity index (χ3n) is 1.27. The van der Waals surface area contributed by atoms with Gasteiger partial charge in [-0.15, -0.1) is 0 Å². The SMILES string of the molecule is NS(=O)(=O)c1ncc([N+](=O)[O-])cc1Br. The summed E-state index contributed by atoms with van der Waals surface area (Å²) in [6.07, 6.45) is 0.824. The molecule has 0 aliphatic carbocycles. The number of nitrogens with two attached hydrogens (primary N) is 1. The van der Waals surface area contributed by atoms with Gasteiger partial charge in [-0.3, -0.25) is 10.1 Å². The maximum atomic E-state index is 10.9. The van der Waals surface area contributed by atoms with Gasteiger partial charge in [0.25, 0.3) is 15.7 Å². The zero-order valence-electron chi connectivity index (χ0n) is 6.55. The molecule has 9 heteroatoms. The summed E-state index contributed by atoms with van der Waals surface area (Å²) >= 11 is 2.83. The molecule has 0 saturated heterocycles. The summed E-state index contributed by atoms with van der Waals surface area (Å²) in [5.74, 6) is 0. The van der Waals surface area contributed by atoms with Gasteiger partial charge in [0.2, 0.25) is 0 Å². The molecular formula is C5H4BrN3O4S. The molecule has 0 aromatic carbocycles. The lowest BCUT2D eigenvalue weighted by molar-refractivity contribution is -0.385. The van der Waals surface area contributed by atoms with Crippen LogP contribution in [0.4, 0.5) is 5.69 Å². The number of primary sulfonamides is 1. The summed E-state index contributed by atoms with van der Waals surface area (Å²) in [4.78, 5) is 13.0. The van der Waals surface area contributed by atoms with E-state index in [0.717, 1.165) is 12.3 Å². The first kappa shape index (κ1) is 11.0. The predicted octanol–water partition coefficient (Wildman–Crippen LogP) is 0.400. The monoisotopic (exact) mass is 281 g/mol. The zero-order chi connectivity index (χ0) is 10.9. The van der Waals surface area contributed by atoms with Crippen molar-refractivity contribution in [3.8, 4) is 0 Å². The fourth-order valence-corrected chi connectivity index (χ4v) is 2.27. The number of hydrogen-bond acceptors (Lipinski definition) is 5. The van der Waals surface area contributed by atoms with Gasteiger partial charge in [0.15, 0.2) is 5.03 Å². The van der Waals surface area contributed by atoms with E-state index < -0.39 is 20.0 Å². The fourth-order valence-electron chi connectivity index (χ4n) is 0.724. The van der Waals surface area contributed by atoms with Crippen LogP contribution in [0.15, 0.2) is 21.8 Å². The smallest absolute Gasteiger partial charge is 0.258 e. The van der Waals surface area contributed by atoms with Gasteiger partial charge in [0.05, 0.1) is 9.40 Å². The molecular weight excluding hydrogens is 278 g/mol. The maximum absolute atomic E-state index is 10.9. The van der Waals surface area contributed by atoms with E-state index in [4.69, 9.17) is 5.14 Å². The molecule has 0 amide bonds. The van der Waals surface area contributed by atoms with E-state index in [2.05, 4.69) is 20.9 Å². The minimum absolute atomic E-state index is 0.0331. The van der Waals surface area contributed by atoms with Crippen LogP contribution in [-0.2, 0) is 10.0 Å². The Labute approximate surface area is 87.3 Å². The second-order valence-corrected chi connectivity index (χ2v) is 4.61. The van der Waals surface area contributed by atoms with Crippen LogP contribution >= 0.6 is 15.9 Å². The minimum Gasteiger partial charge on any atom is -0.258 e. The highest BCUT2D eigenvalue weighted by Gasteiger charge is 2.17. The Hall–Kier alpha value is -1.06. The summed E-state index contributed by atoms with van der Waals surface area (Å²) in [6.45, 7) is 0.